The summed E-state index contributed by atoms with van der Waals surface area (Å²) in [5.41, 5.74) is 0.812. The highest BCUT2D eigenvalue weighted by Crippen LogP contribution is 2.58. The zero-order valence-electron chi connectivity index (χ0n) is 11.3. The molecule has 3 fully saturated rings. The lowest BCUT2D eigenvalue weighted by atomic mass is 9.52. The van der Waals surface area contributed by atoms with Gasteiger partial charge in [-0.25, -0.2) is 0 Å². The molecule has 0 aliphatic heterocycles. The van der Waals surface area contributed by atoms with E-state index in [9.17, 15) is 0 Å². The van der Waals surface area contributed by atoms with Gasteiger partial charge in [-0.3, -0.25) is 0 Å². The van der Waals surface area contributed by atoms with E-state index in [1.807, 2.05) is 0 Å². The highest BCUT2D eigenvalue weighted by atomic mass is 127. The van der Waals surface area contributed by atoms with E-state index >= 15 is 0 Å². The van der Waals surface area contributed by atoms with Crippen LogP contribution in [0.1, 0.15) is 71.1 Å². The Balaban J connectivity index is 1.75. The van der Waals surface area contributed by atoms with Crippen molar-refractivity contribution in [2.45, 2.75) is 75.1 Å². The van der Waals surface area contributed by atoms with E-state index in [2.05, 4.69) is 29.5 Å². The fraction of sp³-hybridized carbons (Fsp3) is 1.00. The molecule has 0 nitrogen and oxygen atoms in total. The molecule has 0 saturated heterocycles. The Morgan fingerprint density at radius 2 is 1.71 bits per heavy atom. The molecule has 0 aromatic heterocycles. The smallest absolute Gasteiger partial charge is 0.0112 e. The summed E-state index contributed by atoms with van der Waals surface area (Å²) in [6, 6.07) is 0. The topological polar surface area (TPSA) is 0 Å². The Morgan fingerprint density at radius 3 is 2.47 bits per heavy atom. The number of hydrogen-bond acceptors (Lipinski definition) is 0. The van der Waals surface area contributed by atoms with Crippen LogP contribution in [0.15, 0.2) is 0 Å². The van der Waals surface area contributed by atoms with Crippen molar-refractivity contribution in [2.24, 2.45) is 23.2 Å². The van der Waals surface area contributed by atoms with Crippen molar-refractivity contribution < 1.29 is 0 Å². The Hall–Kier alpha value is 0.730. The molecule has 3 unspecified atom stereocenters. The fourth-order valence-corrected chi connectivity index (χ4v) is 6.20. The second-order valence-electron chi connectivity index (χ2n) is 7.21. The lowest BCUT2D eigenvalue weighted by Crippen LogP contribution is -2.44. The normalized spacial score (nSPS) is 51.2. The van der Waals surface area contributed by atoms with Crippen LogP contribution >= 0.6 is 22.6 Å². The first-order valence-electron chi connectivity index (χ1n) is 7.84. The van der Waals surface area contributed by atoms with Crippen LogP contribution in [0.2, 0.25) is 0 Å². The minimum absolute atomic E-state index is 0.812. The quantitative estimate of drug-likeness (QED) is 0.396. The molecule has 0 N–H and O–H groups in total. The van der Waals surface area contributed by atoms with Crippen molar-refractivity contribution >= 4 is 22.6 Å². The van der Waals surface area contributed by atoms with Gasteiger partial charge < -0.3 is 0 Å². The summed E-state index contributed by atoms with van der Waals surface area (Å²) in [5, 5.41) is 0. The largest absolute Gasteiger partial charge is 0.0826 e. The van der Waals surface area contributed by atoms with Crippen molar-refractivity contribution in [3.8, 4) is 0 Å². The van der Waals surface area contributed by atoms with Gasteiger partial charge in [0.1, 0.15) is 0 Å². The number of rotatable bonds is 0. The maximum absolute atomic E-state index is 2.71. The van der Waals surface area contributed by atoms with Gasteiger partial charge in [0.15, 0.2) is 0 Å². The molecule has 0 aromatic carbocycles. The number of hydrogen-bond donors (Lipinski definition) is 0. The molecule has 3 saturated carbocycles. The SMILES string of the molecule is CC1CCC2(CCCC3CC(I)CCC32)CC1. The molecule has 1 spiro atoms. The molecule has 0 amide bonds. The summed E-state index contributed by atoms with van der Waals surface area (Å²) in [7, 11) is 0. The van der Waals surface area contributed by atoms with Crippen LogP contribution < -0.4 is 0 Å². The predicted octanol–water partition coefficient (Wildman–Crippen LogP) is 5.59. The van der Waals surface area contributed by atoms with E-state index in [-0.39, 0.29) is 0 Å². The molecule has 98 valence electrons. The minimum Gasteiger partial charge on any atom is -0.0826 e. The van der Waals surface area contributed by atoms with Gasteiger partial charge in [-0.1, -0.05) is 55.2 Å². The van der Waals surface area contributed by atoms with E-state index in [0.29, 0.717) is 0 Å². The average molecular weight is 346 g/mol. The second kappa shape index (κ2) is 5.02. The summed E-state index contributed by atoms with van der Waals surface area (Å²) in [6.07, 6.45) is 15.5. The molecule has 3 aliphatic rings. The molecule has 3 rings (SSSR count). The first-order chi connectivity index (χ1) is 8.20. The molecular formula is C16H27I. The third-order valence-electron chi connectivity index (χ3n) is 6.22. The molecule has 0 radical (unpaired) electrons. The van der Waals surface area contributed by atoms with Crippen LogP contribution in [0.4, 0.5) is 0 Å². The lowest BCUT2D eigenvalue weighted by molar-refractivity contribution is -0.0238. The molecule has 3 atom stereocenters. The van der Waals surface area contributed by atoms with Crippen molar-refractivity contribution in [3.05, 3.63) is 0 Å². The van der Waals surface area contributed by atoms with E-state index in [4.69, 9.17) is 0 Å². The van der Waals surface area contributed by atoms with Crippen LogP contribution in [0, 0.1) is 23.2 Å². The van der Waals surface area contributed by atoms with Gasteiger partial charge in [0.2, 0.25) is 0 Å². The molecule has 0 bridgehead atoms. The third kappa shape index (κ3) is 2.42. The van der Waals surface area contributed by atoms with Gasteiger partial charge in [-0.15, -0.1) is 0 Å². The van der Waals surface area contributed by atoms with Crippen molar-refractivity contribution in [1.82, 2.24) is 0 Å². The van der Waals surface area contributed by atoms with Gasteiger partial charge in [0, 0.05) is 3.92 Å². The Kier molecular flexibility index (Phi) is 3.76. The van der Waals surface area contributed by atoms with E-state index in [1.165, 1.54) is 19.3 Å². The number of fused-ring (bicyclic) bond motifs is 2. The van der Waals surface area contributed by atoms with Gasteiger partial charge in [0.05, 0.1) is 0 Å². The van der Waals surface area contributed by atoms with Gasteiger partial charge in [-0.05, 0) is 61.7 Å². The highest BCUT2D eigenvalue weighted by Gasteiger charge is 2.47. The lowest BCUT2D eigenvalue weighted by Gasteiger charge is -2.54. The minimum atomic E-state index is 0.812. The zero-order chi connectivity index (χ0) is 11.9. The maximum atomic E-state index is 2.71. The molecule has 1 heteroatoms. The van der Waals surface area contributed by atoms with Crippen LogP contribution in [0.25, 0.3) is 0 Å². The van der Waals surface area contributed by atoms with Crippen LogP contribution in [0.5, 0.6) is 0 Å². The van der Waals surface area contributed by atoms with E-state index < -0.39 is 0 Å². The first kappa shape index (κ1) is 12.7. The summed E-state index contributed by atoms with van der Waals surface area (Å²) < 4.78 is 0.992. The number of halogens is 1. The second-order valence-corrected chi connectivity index (χ2v) is 8.98. The predicted molar refractivity (Wildman–Crippen MR) is 82.6 cm³/mol. The fourth-order valence-electron chi connectivity index (χ4n) is 5.19. The van der Waals surface area contributed by atoms with Crippen molar-refractivity contribution in [2.75, 3.05) is 0 Å². The van der Waals surface area contributed by atoms with Crippen LogP contribution in [0.3, 0.4) is 0 Å². The van der Waals surface area contributed by atoms with Crippen molar-refractivity contribution in [3.63, 3.8) is 0 Å². The van der Waals surface area contributed by atoms with Crippen molar-refractivity contribution in [1.29, 1.82) is 0 Å². The average Bonchev–Trinajstić information content (AvgIpc) is 2.33. The van der Waals surface area contributed by atoms with E-state index in [0.717, 1.165) is 27.1 Å². The monoisotopic (exact) mass is 346 g/mol. The molecule has 17 heavy (non-hydrogen) atoms. The van der Waals surface area contributed by atoms with Crippen LogP contribution in [-0.4, -0.2) is 3.92 Å². The first-order valence-corrected chi connectivity index (χ1v) is 9.08. The zero-order valence-corrected chi connectivity index (χ0v) is 13.4. The summed E-state index contributed by atoms with van der Waals surface area (Å²) in [6.45, 7) is 2.47. The number of alkyl halides is 1. The Morgan fingerprint density at radius 1 is 0.941 bits per heavy atom. The summed E-state index contributed by atoms with van der Waals surface area (Å²) >= 11 is 2.71. The maximum Gasteiger partial charge on any atom is 0.0112 e. The Bertz CT molecular complexity index is 265. The standard InChI is InChI=1S/C16H27I/c1-12-6-9-16(10-7-12)8-2-3-13-11-14(17)4-5-15(13)16/h12-15H,2-11H2,1H3. The summed E-state index contributed by atoms with van der Waals surface area (Å²) in [5.74, 6) is 3.24. The molecular weight excluding hydrogens is 319 g/mol. The third-order valence-corrected chi connectivity index (χ3v) is 7.36. The highest BCUT2D eigenvalue weighted by molar-refractivity contribution is 14.1. The summed E-state index contributed by atoms with van der Waals surface area (Å²) in [4.78, 5) is 0. The Labute approximate surface area is 120 Å². The van der Waals surface area contributed by atoms with E-state index in [1.54, 1.807) is 44.9 Å². The molecule has 3 aliphatic carbocycles. The molecule has 0 heterocycles. The van der Waals surface area contributed by atoms with Gasteiger partial charge in [0.25, 0.3) is 0 Å². The molecule has 0 aromatic rings. The van der Waals surface area contributed by atoms with Gasteiger partial charge in [-0.2, -0.15) is 0 Å². The van der Waals surface area contributed by atoms with Crippen LogP contribution in [-0.2, 0) is 0 Å². The van der Waals surface area contributed by atoms with Gasteiger partial charge >= 0.3 is 0 Å².